The van der Waals surface area contributed by atoms with Crippen molar-refractivity contribution < 1.29 is 10.2 Å². The minimum Gasteiger partial charge on any atom is -0.394 e. The number of hydrogen-bond donors (Lipinski definition) is 2. The Bertz CT molecular complexity index is 270. The molecule has 0 aliphatic carbocycles. The van der Waals surface area contributed by atoms with E-state index in [4.69, 9.17) is 10.2 Å². The third kappa shape index (κ3) is 2.05. The van der Waals surface area contributed by atoms with Crippen molar-refractivity contribution in [2.75, 3.05) is 6.61 Å². The van der Waals surface area contributed by atoms with Crippen LogP contribution in [0, 0.1) is 0 Å². The first-order valence-electron chi connectivity index (χ1n) is 4.34. The third-order valence-electron chi connectivity index (χ3n) is 1.86. The molecule has 5 heteroatoms. The van der Waals surface area contributed by atoms with Crippen LogP contribution in [-0.2, 0) is 13.2 Å². The average Bonchev–Trinajstić information content (AvgIpc) is 2.48. The maximum atomic E-state index is 8.97. The van der Waals surface area contributed by atoms with E-state index in [1.165, 1.54) is 0 Å². The second kappa shape index (κ2) is 4.34. The Kier molecular flexibility index (Phi) is 3.39. The number of hydrogen-bond acceptors (Lipinski definition) is 4. The molecule has 0 spiro atoms. The van der Waals surface area contributed by atoms with Gasteiger partial charge in [0, 0.05) is 0 Å². The molecular formula is C8H15N3O2. The van der Waals surface area contributed by atoms with Crippen molar-refractivity contribution in [2.45, 2.75) is 32.9 Å². The fourth-order valence-corrected chi connectivity index (χ4v) is 1.36. The van der Waals surface area contributed by atoms with E-state index < -0.39 is 0 Å². The van der Waals surface area contributed by atoms with E-state index in [1.807, 2.05) is 13.8 Å². The van der Waals surface area contributed by atoms with Gasteiger partial charge in [-0.05, 0) is 5.92 Å². The number of nitrogens with zero attached hydrogens (tertiary/aromatic N) is 3. The van der Waals surface area contributed by atoms with E-state index in [0.717, 1.165) is 5.69 Å². The molecule has 0 radical (unpaired) electrons. The molecule has 0 amide bonds. The van der Waals surface area contributed by atoms with E-state index in [2.05, 4.69) is 10.3 Å². The van der Waals surface area contributed by atoms with E-state index in [9.17, 15) is 0 Å². The molecule has 1 aromatic heterocycles. The highest BCUT2D eigenvalue weighted by Crippen LogP contribution is 2.16. The molecule has 0 saturated carbocycles. The number of aliphatic hydroxyl groups excluding tert-OH is 2. The van der Waals surface area contributed by atoms with Gasteiger partial charge in [-0.3, -0.25) is 0 Å². The lowest BCUT2D eigenvalue weighted by Crippen LogP contribution is -2.10. The lowest BCUT2D eigenvalue weighted by atomic mass is 10.1. The first-order chi connectivity index (χ1) is 6.20. The summed E-state index contributed by atoms with van der Waals surface area (Å²) in [6.07, 6.45) is 0. The average molecular weight is 185 g/mol. The summed E-state index contributed by atoms with van der Waals surface area (Å²) < 4.78 is 1.64. The Hall–Kier alpha value is -0.940. The van der Waals surface area contributed by atoms with Gasteiger partial charge in [-0.25, -0.2) is 4.68 Å². The lowest BCUT2D eigenvalue weighted by Gasteiger charge is -2.08. The van der Waals surface area contributed by atoms with Crippen LogP contribution in [0.2, 0.25) is 0 Å². The molecule has 5 nitrogen and oxygen atoms in total. The SMILES string of the molecule is CC(C)c1c(CO)nnn1CCO. The topological polar surface area (TPSA) is 71.2 Å². The Morgan fingerprint density at radius 3 is 2.54 bits per heavy atom. The van der Waals surface area contributed by atoms with Crippen LogP contribution in [0.15, 0.2) is 0 Å². The van der Waals surface area contributed by atoms with Crippen molar-refractivity contribution in [1.29, 1.82) is 0 Å². The van der Waals surface area contributed by atoms with Crippen molar-refractivity contribution in [2.24, 2.45) is 0 Å². The van der Waals surface area contributed by atoms with Crippen LogP contribution in [0.1, 0.15) is 31.2 Å². The maximum absolute atomic E-state index is 8.97. The lowest BCUT2D eigenvalue weighted by molar-refractivity contribution is 0.263. The van der Waals surface area contributed by atoms with Crippen LogP contribution in [0.25, 0.3) is 0 Å². The van der Waals surface area contributed by atoms with Crippen molar-refractivity contribution in [3.05, 3.63) is 11.4 Å². The fraction of sp³-hybridized carbons (Fsp3) is 0.750. The van der Waals surface area contributed by atoms with Gasteiger partial charge in [0.05, 0.1) is 25.5 Å². The molecule has 0 fully saturated rings. The minimum atomic E-state index is -0.0983. The summed E-state index contributed by atoms with van der Waals surface area (Å²) in [5.74, 6) is 0.253. The molecule has 0 bridgehead atoms. The van der Waals surface area contributed by atoms with Crippen LogP contribution < -0.4 is 0 Å². The van der Waals surface area contributed by atoms with Gasteiger partial charge in [0.1, 0.15) is 5.69 Å². The molecule has 74 valence electrons. The highest BCUT2D eigenvalue weighted by atomic mass is 16.3. The Morgan fingerprint density at radius 1 is 1.38 bits per heavy atom. The second-order valence-corrected chi connectivity index (χ2v) is 3.18. The van der Waals surface area contributed by atoms with E-state index >= 15 is 0 Å². The summed E-state index contributed by atoms with van der Waals surface area (Å²) in [5.41, 5.74) is 1.50. The molecule has 0 aliphatic rings. The summed E-state index contributed by atoms with van der Waals surface area (Å²) in [6, 6.07) is 0. The van der Waals surface area contributed by atoms with Crippen LogP contribution in [-0.4, -0.2) is 31.8 Å². The monoisotopic (exact) mass is 185 g/mol. The summed E-state index contributed by atoms with van der Waals surface area (Å²) in [5, 5.41) is 25.4. The van der Waals surface area contributed by atoms with Gasteiger partial charge in [-0.2, -0.15) is 0 Å². The van der Waals surface area contributed by atoms with E-state index in [0.29, 0.717) is 12.2 Å². The van der Waals surface area contributed by atoms with Crippen LogP contribution in [0.5, 0.6) is 0 Å². The predicted octanol–water partition coefficient (Wildman–Crippen LogP) is -0.114. The van der Waals surface area contributed by atoms with Gasteiger partial charge in [-0.15, -0.1) is 5.10 Å². The van der Waals surface area contributed by atoms with E-state index in [1.54, 1.807) is 4.68 Å². The fourth-order valence-electron chi connectivity index (χ4n) is 1.36. The second-order valence-electron chi connectivity index (χ2n) is 3.18. The van der Waals surface area contributed by atoms with Gasteiger partial charge >= 0.3 is 0 Å². The van der Waals surface area contributed by atoms with Crippen molar-refractivity contribution >= 4 is 0 Å². The highest BCUT2D eigenvalue weighted by molar-refractivity contribution is 5.13. The maximum Gasteiger partial charge on any atom is 0.112 e. The molecule has 0 unspecified atom stereocenters. The van der Waals surface area contributed by atoms with Crippen molar-refractivity contribution in [1.82, 2.24) is 15.0 Å². The molecule has 1 heterocycles. The van der Waals surface area contributed by atoms with Crippen molar-refractivity contribution in [3.63, 3.8) is 0 Å². The number of rotatable bonds is 4. The van der Waals surface area contributed by atoms with Gasteiger partial charge < -0.3 is 10.2 Å². The highest BCUT2D eigenvalue weighted by Gasteiger charge is 2.14. The van der Waals surface area contributed by atoms with Crippen molar-refractivity contribution in [3.8, 4) is 0 Å². The standard InChI is InChI=1S/C8H15N3O2/c1-6(2)8-7(5-13)9-10-11(8)3-4-12/h6,12-13H,3-5H2,1-2H3. The predicted molar refractivity (Wildman–Crippen MR) is 47.1 cm³/mol. The van der Waals surface area contributed by atoms with Crippen LogP contribution in [0.3, 0.4) is 0 Å². The van der Waals surface area contributed by atoms with Gasteiger partial charge in [0.2, 0.25) is 0 Å². The smallest absolute Gasteiger partial charge is 0.112 e. The molecule has 0 aliphatic heterocycles. The van der Waals surface area contributed by atoms with Gasteiger partial charge in [0.15, 0.2) is 0 Å². The van der Waals surface area contributed by atoms with Gasteiger partial charge in [0.25, 0.3) is 0 Å². The molecule has 2 N–H and O–H groups in total. The number of aliphatic hydroxyl groups is 2. The summed E-state index contributed by atoms with van der Waals surface area (Å²) in [4.78, 5) is 0. The summed E-state index contributed by atoms with van der Waals surface area (Å²) in [7, 11) is 0. The summed E-state index contributed by atoms with van der Waals surface area (Å²) >= 11 is 0. The normalized spacial score (nSPS) is 11.2. The largest absolute Gasteiger partial charge is 0.394 e. The molecule has 0 atom stereocenters. The summed E-state index contributed by atoms with van der Waals surface area (Å²) in [6.45, 7) is 4.38. The third-order valence-corrected chi connectivity index (χ3v) is 1.86. The number of aromatic nitrogens is 3. The molecular weight excluding hydrogens is 170 g/mol. The zero-order valence-corrected chi connectivity index (χ0v) is 7.93. The molecule has 0 saturated heterocycles. The molecule has 13 heavy (non-hydrogen) atoms. The molecule has 0 aromatic carbocycles. The Morgan fingerprint density at radius 2 is 2.08 bits per heavy atom. The quantitative estimate of drug-likeness (QED) is 0.686. The zero-order valence-electron chi connectivity index (χ0n) is 7.93. The first-order valence-corrected chi connectivity index (χ1v) is 4.34. The van der Waals surface area contributed by atoms with E-state index in [-0.39, 0.29) is 19.1 Å². The van der Waals surface area contributed by atoms with Gasteiger partial charge in [-0.1, -0.05) is 19.1 Å². The Balaban J connectivity index is 2.99. The first kappa shape index (κ1) is 10.1. The zero-order chi connectivity index (χ0) is 9.84. The molecule has 1 aromatic rings. The Labute approximate surface area is 77.0 Å². The van der Waals surface area contributed by atoms with Crippen LogP contribution in [0.4, 0.5) is 0 Å². The van der Waals surface area contributed by atoms with Crippen LogP contribution >= 0.6 is 0 Å². The molecule has 1 rings (SSSR count). The minimum absolute atomic E-state index is 0.0357.